The molecule has 0 radical (unpaired) electrons. The highest BCUT2D eigenvalue weighted by Gasteiger charge is 2.17. The molecule has 2 aromatic heterocycles. The topological polar surface area (TPSA) is 83.0 Å². The number of carbonyl (C=O) groups excluding carboxylic acids is 1. The number of nitrogen functional groups attached to an aromatic ring is 1. The molecule has 2 N–H and O–H groups in total. The van der Waals surface area contributed by atoms with Crippen molar-refractivity contribution in [2.45, 2.75) is 6.92 Å². The molecule has 0 bridgehead atoms. The van der Waals surface area contributed by atoms with E-state index in [1.165, 1.54) is 24.8 Å². The minimum atomic E-state index is -0.551. The number of nitrogens with zero attached hydrogens (tertiary/aromatic N) is 3. The van der Waals surface area contributed by atoms with Crippen LogP contribution in [0.15, 0.2) is 12.5 Å². The fourth-order valence-corrected chi connectivity index (χ4v) is 1.96. The molecule has 84 valence electrons. The van der Waals surface area contributed by atoms with Crippen molar-refractivity contribution in [2.24, 2.45) is 0 Å². The van der Waals surface area contributed by atoms with Crippen LogP contribution in [0.5, 0.6) is 0 Å². The number of esters is 1. The second-order valence-corrected chi connectivity index (χ2v) is 4.31. The average molecular weight is 238 g/mol. The fraction of sp³-hybridized carbons (Fsp3) is 0.222. The van der Waals surface area contributed by atoms with Crippen molar-refractivity contribution in [2.75, 3.05) is 12.8 Å². The van der Waals surface area contributed by atoms with Crippen molar-refractivity contribution in [3.8, 4) is 5.13 Å². The molecule has 16 heavy (non-hydrogen) atoms. The number of aromatic nitrogens is 3. The van der Waals surface area contributed by atoms with Gasteiger partial charge in [-0.3, -0.25) is 4.57 Å². The van der Waals surface area contributed by atoms with Crippen LogP contribution in [0.1, 0.15) is 15.4 Å². The normalized spacial score (nSPS) is 10.4. The van der Waals surface area contributed by atoms with Gasteiger partial charge in [0.15, 0.2) is 10.8 Å². The third-order valence-electron chi connectivity index (χ3n) is 2.00. The summed E-state index contributed by atoms with van der Waals surface area (Å²) in [6.45, 7) is 1.94. The number of thiazole rings is 1. The maximum absolute atomic E-state index is 11.3. The summed E-state index contributed by atoms with van der Waals surface area (Å²) < 4.78 is 6.12. The molecule has 0 amide bonds. The molecule has 7 heteroatoms. The van der Waals surface area contributed by atoms with Gasteiger partial charge in [0.05, 0.1) is 7.11 Å². The third kappa shape index (κ3) is 1.65. The number of hydrogen-bond acceptors (Lipinski definition) is 6. The fourth-order valence-electron chi connectivity index (χ4n) is 1.22. The molecule has 0 aromatic carbocycles. The molecular formula is C9H10N4O2S. The molecule has 2 heterocycles. The Morgan fingerprint density at radius 2 is 2.31 bits per heavy atom. The van der Waals surface area contributed by atoms with Crippen LogP contribution < -0.4 is 5.73 Å². The van der Waals surface area contributed by atoms with Crippen LogP contribution in [-0.2, 0) is 4.74 Å². The Hall–Kier alpha value is -1.89. The van der Waals surface area contributed by atoms with Gasteiger partial charge in [-0.05, 0) is 6.92 Å². The van der Waals surface area contributed by atoms with E-state index in [0.717, 1.165) is 4.88 Å². The third-order valence-corrected chi connectivity index (χ3v) is 2.91. The second-order valence-electron chi connectivity index (χ2n) is 3.09. The number of aryl methyl sites for hydroxylation is 1. The summed E-state index contributed by atoms with van der Waals surface area (Å²) in [5, 5.41) is 0.678. The van der Waals surface area contributed by atoms with Crippen LogP contribution >= 0.6 is 11.3 Å². The summed E-state index contributed by atoms with van der Waals surface area (Å²) in [4.78, 5) is 20.4. The number of methoxy groups -OCH3 is 1. The molecule has 2 rings (SSSR count). The van der Waals surface area contributed by atoms with Gasteiger partial charge in [0.2, 0.25) is 0 Å². The van der Waals surface area contributed by atoms with Crippen LogP contribution in [0.3, 0.4) is 0 Å². The summed E-state index contributed by atoms with van der Waals surface area (Å²) in [5.74, 6) is -0.314. The second kappa shape index (κ2) is 3.93. The van der Waals surface area contributed by atoms with E-state index >= 15 is 0 Å². The van der Waals surface area contributed by atoms with E-state index in [-0.39, 0.29) is 11.5 Å². The predicted octanol–water partition coefficient (Wildman–Crippen LogP) is 1.01. The van der Waals surface area contributed by atoms with E-state index < -0.39 is 5.97 Å². The zero-order valence-electron chi connectivity index (χ0n) is 8.80. The lowest BCUT2D eigenvalue weighted by Crippen LogP contribution is -2.07. The lowest BCUT2D eigenvalue weighted by Gasteiger charge is -2.00. The highest BCUT2D eigenvalue weighted by Crippen LogP contribution is 2.21. The van der Waals surface area contributed by atoms with Crippen LogP contribution in [0, 0.1) is 6.92 Å². The Morgan fingerprint density at radius 3 is 2.88 bits per heavy atom. The van der Waals surface area contributed by atoms with Crippen LogP contribution in [0.2, 0.25) is 0 Å². The monoisotopic (exact) mass is 238 g/mol. The van der Waals surface area contributed by atoms with Gasteiger partial charge in [-0.2, -0.15) is 0 Å². The largest absolute Gasteiger partial charge is 0.464 e. The summed E-state index contributed by atoms with van der Waals surface area (Å²) in [6, 6.07) is 0. The average Bonchev–Trinajstić information content (AvgIpc) is 2.83. The zero-order chi connectivity index (χ0) is 11.7. The minimum absolute atomic E-state index is 0.107. The first-order valence-corrected chi connectivity index (χ1v) is 5.29. The van der Waals surface area contributed by atoms with Crippen LogP contribution in [-0.4, -0.2) is 27.6 Å². The first kappa shape index (κ1) is 10.6. The van der Waals surface area contributed by atoms with E-state index in [4.69, 9.17) is 5.73 Å². The summed E-state index contributed by atoms with van der Waals surface area (Å²) in [7, 11) is 1.29. The molecule has 6 nitrogen and oxygen atoms in total. The number of rotatable bonds is 2. The Balaban J connectivity index is 2.44. The van der Waals surface area contributed by atoms with Gasteiger partial charge in [-0.25, -0.2) is 14.8 Å². The molecule has 2 aromatic rings. The summed E-state index contributed by atoms with van der Waals surface area (Å²) >= 11 is 1.47. The van der Waals surface area contributed by atoms with Crippen molar-refractivity contribution in [3.63, 3.8) is 0 Å². The molecule has 0 saturated carbocycles. The van der Waals surface area contributed by atoms with E-state index in [0.29, 0.717) is 5.13 Å². The number of imidazole rings is 1. The maximum atomic E-state index is 11.3. The number of carbonyl (C=O) groups is 1. The Bertz CT molecular complexity index is 531. The van der Waals surface area contributed by atoms with Crippen LogP contribution in [0.4, 0.5) is 5.82 Å². The van der Waals surface area contributed by atoms with Gasteiger partial charge < -0.3 is 10.5 Å². The predicted molar refractivity (Wildman–Crippen MR) is 59.7 cm³/mol. The SMILES string of the molecule is COC(=O)c1ncn(-c2ncc(C)s2)c1N. The molecule has 0 aliphatic carbocycles. The zero-order valence-corrected chi connectivity index (χ0v) is 9.61. The minimum Gasteiger partial charge on any atom is -0.464 e. The van der Waals surface area contributed by atoms with Crippen LogP contribution in [0.25, 0.3) is 5.13 Å². The maximum Gasteiger partial charge on any atom is 0.360 e. The standard InChI is InChI=1S/C9H10N4O2S/c1-5-3-11-9(16-5)13-4-12-6(7(13)10)8(14)15-2/h3-4H,10H2,1-2H3. The molecule has 0 aliphatic rings. The lowest BCUT2D eigenvalue weighted by atomic mass is 10.4. The Labute approximate surface area is 95.7 Å². The van der Waals surface area contributed by atoms with Gasteiger partial charge in [-0.15, -0.1) is 11.3 Å². The summed E-state index contributed by atoms with van der Waals surface area (Å²) in [5.41, 5.74) is 5.89. The molecular weight excluding hydrogens is 228 g/mol. The van der Waals surface area contributed by atoms with E-state index in [1.807, 2.05) is 6.92 Å². The van der Waals surface area contributed by atoms with Crippen molar-refractivity contribution in [3.05, 3.63) is 23.1 Å². The molecule has 0 aliphatic heterocycles. The quantitative estimate of drug-likeness (QED) is 0.789. The molecule has 0 atom stereocenters. The van der Waals surface area contributed by atoms with Gasteiger partial charge in [0.25, 0.3) is 0 Å². The van der Waals surface area contributed by atoms with Gasteiger partial charge >= 0.3 is 5.97 Å². The number of nitrogens with two attached hydrogens (primary N) is 1. The van der Waals surface area contributed by atoms with E-state index in [2.05, 4.69) is 14.7 Å². The van der Waals surface area contributed by atoms with Gasteiger partial charge in [0.1, 0.15) is 12.1 Å². The highest BCUT2D eigenvalue weighted by molar-refractivity contribution is 7.14. The Morgan fingerprint density at radius 1 is 1.56 bits per heavy atom. The number of ether oxygens (including phenoxy) is 1. The van der Waals surface area contributed by atoms with Crippen molar-refractivity contribution in [1.82, 2.24) is 14.5 Å². The van der Waals surface area contributed by atoms with E-state index in [9.17, 15) is 4.79 Å². The first-order chi connectivity index (χ1) is 7.63. The molecule has 0 spiro atoms. The number of hydrogen-bond donors (Lipinski definition) is 1. The van der Waals surface area contributed by atoms with Crippen molar-refractivity contribution < 1.29 is 9.53 Å². The number of anilines is 1. The van der Waals surface area contributed by atoms with E-state index in [1.54, 1.807) is 10.8 Å². The Kier molecular flexibility index (Phi) is 2.61. The summed E-state index contributed by atoms with van der Waals surface area (Å²) in [6.07, 6.45) is 3.19. The smallest absolute Gasteiger partial charge is 0.360 e. The van der Waals surface area contributed by atoms with Gasteiger partial charge in [-0.1, -0.05) is 0 Å². The molecule has 0 unspecified atom stereocenters. The van der Waals surface area contributed by atoms with Crippen molar-refractivity contribution in [1.29, 1.82) is 0 Å². The van der Waals surface area contributed by atoms with Gasteiger partial charge in [0, 0.05) is 11.1 Å². The first-order valence-electron chi connectivity index (χ1n) is 4.47. The van der Waals surface area contributed by atoms with Crippen molar-refractivity contribution >= 4 is 23.1 Å². The highest BCUT2D eigenvalue weighted by atomic mass is 32.1. The lowest BCUT2D eigenvalue weighted by molar-refractivity contribution is 0.0596. The molecule has 0 fully saturated rings. The molecule has 0 saturated heterocycles.